The third-order valence-corrected chi connectivity index (χ3v) is 3.76. The molecule has 1 aromatic heterocycles. The highest BCUT2D eigenvalue weighted by Crippen LogP contribution is 2.27. The summed E-state index contributed by atoms with van der Waals surface area (Å²) >= 11 is 1.55. The average Bonchev–Trinajstić information content (AvgIpc) is 2.67. The number of anilines is 1. The van der Waals surface area contributed by atoms with Crippen molar-refractivity contribution in [2.45, 2.75) is 52.0 Å². The Kier molecular flexibility index (Phi) is 3.24. The summed E-state index contributed by atoms with van der Waals surface area (Å²) in [6.07, 6.45) is 3.94. The molecule has 15 heavy (non-hydrogen) atoms. The third-order valence-electron chi connectivity index (χ3n) is 3.00. The lowest BCUT2D eigenvalue weighted by Crippen LogP contribution is -2.37. The molecule has 0 aliphatic carbocycles. The molecule has 2 rings (SSSR count). The first-order chi connectivity index (χ1) is 7.18. The Hall–Kier alpha value is -0.640. The summed E-state index contributed by atoms with van der Waals surface area (Å²) in [5.74, 6) is 1.43. The van der Waals surface area contributed by atoms with E-state index in [1.165, 1.54) is 19.3 Å². The van der Waals surface area contributed by atoms with E-state index in [-0.39, 0.29) is 0 Å². The van der Waals surface area contributed by atoms with E-state index >= 15 is 0 Å². The maximum Gasteiger partial charge on any atom is 0.205 e. The van der Waals surface area contributed by atoms with Gasteiger partial charge in [0.2, 0.25) is 5.13 Å². The zero-order valence-corrected chi connectivity index (χ0v) is 10.5. The second-order valence-electron chi connectivity index (χ2n) is 4.63. The molecule has 1 aromatic rings. The van der Waals surface area contributed by atoms with Gasteiger partial charge in [-0.15, -0.1) is 0 Å². The summed E-state index contributed by atoms with van der Waals surface area (Å²) in [5.41, 5.74) is 0. The summed E-state index contributed by atoms with van der Waals surface area (Å²) < 4.78 is 4.41. The Morgan fingerprint density at radius 3 is 2.80 bits per heavy atom. The van der Waals surface area contributed by atoms with Crippen LogP contribution in [0.4, 0.5) is 5.13 Å². The fourth-order valence-corrected chi connectivity index (χ4v) is 2.90. The summed E-state index contributed by atoms with van der Waals surface area (Å²) in [6, 6.07) is 0.631. The Balaban J connectivity index is 2.13. The predicted molar refractivity (Wildman–Crippen MR) is 64.7 cm³/mol. The quantitative estimate of drug-likeness (QED) is 0.774. The maximum absolute atomic E-state index is 4.62. The van der Waals surface area contributed by atoms with E-state index < -0.39 is 0 Å². The van der Waals surface area contributed by atoms with Crippen molar-refractivity contribution in [3.8, 4) is 0 Å². The van der Waals surface area contributed by atoms with Crippen LogP contribution in [0.3, 0.4) is 0 Å². The van der Waals surface area contributed by atoms with Crippen molar-refractivity contribution in [1.82, 2.24) is 9.36 Å². The smallest absolute Gasteiger partial charge is 0.205 e. The molecule has 1 fully saturated rings. The van der Waals surface area contributed by atoms with Gasteiger partial charge >= 0.3 is 0 Å². The van der Waals surface area contributed by atoms with Crippen LogP contribution in [0.1, 0.15) is 51.8 Å². The first-order valence-corrected chi connectivity index (χ1v) is 6.56. The van der Waals surface area contributed by atoms with Crippen molar-refractivity contribution >= 4 is 16.7 Å². The minimum absolute atomic E-state index is 0.440. The van der Waals surface area contributed by atoms with Gasteiger partial charge in [0.1, 0.15) is 5.82 Å². The van der Waals surface area contributed by atoms with E-state index in [2.05, 4.69) is 35.0 Å². The van der Waals surface area contributed by atoms with Crippen LogP contribution in [0, 0.1) is 0 Å². The van der Waals surface area contributed by atoms with Gasteiger partial charge in [0.15, 0.2) is 0 Å². The van der Waals surface area contributed by atoms with Crippen LogP contribution in [-0.2, 0) is 0 Å². The molecule has 0 saturated carbocycles. The summed E-state index contributed by atoms with van der Waals surface area (Å²) in [7, 11) is 0. The van der Waals surface area contributed by atoms with Crippen LogP contribution in [0.15, 0.2) is 0 Å². The average molecular weight is 225 g/mol. The van der Waals surface area contributed by atoms with Gasteiger partial charge in [0, 0.05) is 30.0 Å². The van der Waals surface area contributed by atoms with Gasteiger partial charge in [-0.1, -0.05) is 13.8 Å². The summed E-state index contributed by atoms with van der Waals surface area (Å²) in [6.45, 7) is 7.72. The van der Waals surface area contributed by atoms with E-state index in [4.69, 9.17) is 0 Å². The Morgan fingerprint density at radius 2 is 2.20 bits per heavy atom. The highest BCUT2D eigenvalue weighted by atomic mass is 32.1. The van der Waals surface area contributed by atoms with Gasteiger partial charge in [-0.2, -0.15) is 4.37 Å². The largest absolute Gasteiger partial charge is 0.344 e. The molecule has 1 aliphatic heterocycles. The molecule has 0 amide bonds. The number of hydrogen-bond acceptors (Lipinski definition) is 4. The number of aromatic nitrogens is 2. The molecule has 0 N–H and O–H groups in total. The highest BCUT2D eigenvalue weighted by Gasteiger charge is 2.22. The molecule has 1 unspecified atom stereocenters. The minimum Gasteiger partial charge on any atom is -0.344 e. The Morgan fingerprint density at radius 1 is 1.40 bits per heavy atom. The molecule has 0 bridgehead atoms. The summed E-state index contributed by atoms with van der Waals surface area (Å²) in [4.78, 5) is 7.03. The van der Waals surface area contributed by atoms with E-state index in [1.54, 1.807) is 11.5 Å². The van der Waals surface area contributed by atoms with Crippen molar-refractivity contribution in [2.24, 2.45) is 0 Å². The topological polar surface area (TPSA) is 29.0 Å². The van der Waals surface area contributed by atoms with Crippen molar-refractivity contribution < 1.29 is 0 Å². The van der Waals surface area contributed by atoms with E-state index in [0.29, 0.717) is 12.0 Å². The highest BCUT2D eigenvalue weighted by molar-refractivity contribution is 7.09. The summed E-state index contributed by atoms with van der Waals surface area (Å²) in [5, 5.41) is 1.12. The van der Waals surface area contributed by atoms with Gasteiger partial charge in [0.25, 0.3) is 0 Å². The molecule has 0 radical (unpaired) electrons. The zero-order valence-electron chi connectivity index (χ0n) is 9.73. The van der Waals surface area contributed by atoms with Crippen molar-refractivity contribution in [1.29, 1.82) is 0 Å². The molecular weight excluding hydrogens is 206 g/mol. The number of piperidine rings is 1. The second kappa shape index (κ2) is 4.47. The van der Waals surface area contributed by atoms with Gasteiger partial charge < -0.3 is 4.90 Å². The number of hydrogen-bond donors (Lipinski definition) is 0. The molecule has 2 heterocycles. The second-order valence-corrected chi connectivity index (χ2v) is 5.36. The molecule has 1 aliphatic rings. The lowest BCUT2D eigenvalue weighted by molar-refractivity contribution is 0.483. The molecule has 4 heteroatoms. The molecule has 1 atom stereocenters. The van der Waals surface area contributed by atoms with Crippen LogP contribution in [0.5, 0.6) is 0 Å². The molecule has 1 saturated heterocycles. The normalized spacial score (nSPS) is 22.4. The van der Waals surface area contributed by atoms with Crippen LogP contribution in [0.2, 0.25) is 0 Å². The molecule has 84 valence electrons. The fourth-order valence-electron chi connectivity index (χ4n) is 1.96. The van der Waals surface area contributed by atoms with Gasteiger partial charge in [-0.3, -0.25) is 0 Å². The lowest BCUT2D eigenvalue weighted by atomic mass is 10.0. The van der Waals surface area contributed by atoms with E-state index in [0.717, 1.165) is 17.5 Å². The third kappa shape index (κ3) is 2.30. The monoisotopic (exact) mass is 225 g/mol. The Bertz CT molecular complexity index is 321. The number of rotatable bonds is 2. The van der Waals surface area contributed by atoms with E-state index in [9.17, 15) is 0 Å². The zero-order chi connectivity index (χ0) is 10.8. The van der Waals surface area contributed by atoms with Crippen LogP contribution >= 0.6 is 11.5 Å². The molecular formula is C11H19N3S. The standard InChI is InChI=1S/C11H19N3S/c1-8(2)10-12-11(15-13-10)14-7-5-4-6-9(14)3/h8-9H,4-7H2,1-3H3. The fraction of sp³-hybridized carbons (Fsp3) is 0.818. The SMILES string of the molecule is CC(C)c1nsc(N2CCCCC2C)n1. The maximum atomic E-state index is 4.62. The minimum atomic E-state index is 0.440. The first kappa shape index (κ1) is 10.9. The van der Waals surface area contributed by atoms with Gasteiger partial charge in [-0.25, -0.2) is 4.98 Å². The van der Waals surface area contributed by atoms with Crippen molar-refractivity contribution in [3.05, 3.63) is 5.82 Å². The predicted octanol–water partition coefficient (Wildman–Crippen LogP) is 3.04. The van der Waals surface area contributed by atoms with E-state index in [1.807, 2.05) is 0 Å². The first-order valence-electron chi connectivity index (χ1n) is 5.78. The Labute approximate surface area is 95.7 Å². The van der Waals surface area contributed by atoms with Gasteiger partial charge in [-0.05, 0) is 26.2 Å². The van der Waals surface area contributed by atoms with Crippen LogP contribution in [0.25, 0.3) is 0 Å². The molecule has 0 aromatic carbocycles. The molecule has 3 nitrogen and oxygen atoms in total. The lowest BCUT2D eigenvalue weighted by Gasteiger charge is -2.32. The number of nitrogens with zero attached hydrogens (tertiary/aromatic N) is 3. The molecule has 0 spiro atoms. The van der Waals surface area contributed by atoms with Crippen molar-refractivity contribution in [2.75, 3.05) is 11.4 Å². The van der Waals surface area contributed by atoms with Crippen LogP contribution in [-0.4, -0.2) is 21.9 Å². The van der Waals surface area contributed by atoms with Gasteiger partial charge in [0.05, 0.1) is 0 Å². The van der Waals surface area contributed by atoms with Crippen LogP contribution < -0.4 is 4.90 Å². The van der Waals surface area contributed by atoms with Crippen molar-refractivity contribution in [3.63, 3.8) is 0 Å².